The predicted octanol–water partition coefficient (Wildman–Crippen LogP) is 8.00. The molecule has 0 N–H and O–H groups in total. The maximum absolute atomic E-state index is 2.52. The van der Waals surface area contributed by atoms with E-state index in [1.165, 1.54) is 54.4 Å². The molecule has 0 aliphatic heterocycles. The lowest BCUT2D eigenvalue weighted by atomic mass is 9.77. The standard InChI is InChI=1S/C28H32/c1-18-15-22-11-7-12-23(26(22)16-18)20(3)28-19(2)17-27-24(13-8-14-25(27)28)21-9-5-4-6-10-21/h7-8,11-14,16-17,20-21,28H,4-6,9-10,15H2,1-3H3. The van der Waals surface area contributed by atoms with Crippen LogP contribution in [-0.2, 0) is 6.42 Å². The fourth-order valence-electron chi connectivity index (χ4n) is 6.17. The molecule has 1 saturated carbocycles. The topological polar surface area (TPSA) is 0 Å². The Morgan fingerprint density at radius 3 is 2.39 bits per heavy atom. The van der Waals surface area contributed by atoms with Crippen molar-refractivity contribution >= 4 is 12.2 Å². The molecule has 0 nitrogen and oxygen atoms in total. The minimum atomic E-state index is 0.510. The molecule has 0 saturated heterocycles. The van der Waals surface area contributed by atoms with Gasteiger partial charge in [0.25, 0.3) is 0 Å². The molecule has 0 heteroatoms. The van der Waals surface area contributed by atoms with Crippen molar-refractivity contribution in [3.05, 3.63) is 80.9 Å². The van der Waals surface area contributed by atoms with E-state index in [0.29, 0.717) is 11.8 Å². The first-order valence-corrected chi connectivity index (χ1v) is 11.2. The molecule has 0 radical (unpaired) electrons. The summed E-state index contributed by atoms with van der Waals surface area (Å²) in [7, 11) is 0. The van der Waals surface area contributed by atoms with Crippen molar-refractivity contribution in [3.8, 4) is 0 Å². The third kappa shape index (κ3) is 2.89. The first-order valence-electron chi connectivity index (χ1n) is 11.2. The number of fused-ring (bicyclic) bond motifs is 2. The molecule has 0 bridgehead atoms. The number of benzene rings is 2. The van der Waals surface area contributed by atoms with Crippen molar-refractivity contribution in [2.75, 3.05) is 0 Å². The lowest BCUT2D eigenvalue weighted by molar-refractivity contribution is 0.443. The molecule has 0 spiro atoms. The largest absolute Gasteiger partial charge is 0.0683 e. The molecule has 144 valence electrons. The normalized spacial score (nSPS) is 22.5. The van der Waals surface area contributed by atoms with Crippen molar-refractivity contribution in [1.82, 2.24) is 0 Å². The van der Waals surface area contributed by atoms with E-state index in [0.717, 1.165) is 12.3 Å². The van der Waals surface area contributed by atoms with Gasteiger partial charge in [0.05, 0.1) is 0 Å². The Kier molecular flexibility index (Phi) is 4.54. The molecule has 5 rings (SSSR count). The van der Waals surface area contributed by atoms with Crippen LogP contribution in [0.15, 0.2) is 47.5 Å². The SMILES string of the molecule is CC1=Cc2c(cccc2C(C)C2C(C)=Cc3c(C4CCCCC4)cccc32)C1. The third-order valence-electron chi connectivity index (χ3n) is 7.50. The zero-order chi connectivity index (χ0) is 19.3. The second kappa shape index (κ2) is 7.07. The van der Waals surface area contributed by atoms with Crippen LogP contribution >= 0.6 is 0 Å². The Balaban J connectivity index is 1.54. The van der Waals surface area contributed by atoms with Gasteiger partial charge in [-0.15, -0.1) is 0 Å². The maximum atomic E-state index is 2.52. The fraction of sp³-hybridized carbons (Fsp3) is 0.429. The van der Waals surface area contributed by atoms with Gasteiger partial charge in [-0.05, 0) is 78.3 Å². The quantitative estimate of drug-likeness (QED) is 0.515. The van der Waals surface area contributed by atoms with E-state index in [-0.39, 0.29) is 0 Å². The lowest BCUT2D eigenvalue weighted by Gasteiger charge is -2.27. The summed E-state index contributed by atoms with van der Waals surface area (Å²) in [6, 6.07) is 14.1. The number of hydrogen-bond donors (Lipinski definition) is 0. The minimum Gasteiger partial charge on any atom is -0.0683 e. The Hall–Kier alpha value is -2.08. The van der Waals surface area contributed by atoms with E-state index in [4.69, 9.17) is 0 Å². The van der Waals surface area contributed by atoms with Crippen LogP contribution in [0, 0.1) is 0 Å². The summed E-state index contributed by atoms with van der Waals surface area (Å²) in [6.45, 7) is 7.07. The first-order chi connectivity index (χ1) is 13.6. The van der Waals surface area contributed by atoms with Gasteiger partial charge in [0.15, 0.2) is 0 Å². The minimum absolute atomic E-state index is 0.510. The maximum Gasteiger partial charge on any atom is 0.0121 e. The van der Waals surface area contributed by atoms with Crippen LogP contribution in [0.1, 0.15) is 104 Å². The molecule has 2 atom stereocenters. The van der Waals surface area contributed by atoms with Crippen molar-refractivity contribution in [2.24, 2.45) is 0 Å². The van der Waals surface area contributed by atoms with Crippen LogP contribution in [0.4, 0.5) is 0 Å². The highest BCUT2D eigenvalue weighted by Gasteiger charge is 2.32. The van der Waals surface area contributed by atoms with Gasteiger partial charge in [-0.1, -0.05) is 85.9 Å². The number of rotatable bonds is 3. The smallest absolute Gasteiger partial charge is 0.0121 e. The van der Waals surface area contributed by atoms with Crippen LogP contribution in [0.25, 0.3) is 12.2 Å². The summed E-state index contributed by atoms with van der Waals surface area (Å²) in [5.41, 5.74) is 12.3. The highest BCUT2D eigenvalue weighted by molar-refractivity contribution is 5.72. The molecular formula is C28H32. The zero-order valence-corrected chi connectivity index (χ0v) is 17.6. The highest BCUT2D eigenvalue weighted by Crippen LogP contribution is 2.49. The predicted molar refractivity (Wildman–Crippen MR) is 121 cm³/mol. The molecule has 0 heterocycles. The summed E-state index contributed by atoms with van der Waals surface area (Å²) >= 11 is 0. The van der Waals surface area contributed by atoms with Crippen molar-refractivity contribution in [2.45, 2.75) is 77.0 Å². The Morgan fingerprint density at radius 1 is 0.821 bits per heavy atom. The number of allylic oxidation sites excluding steroid dienone is 2. The van der Waals surface area contributed by atoms with Crippen LogP contribution in [0.5, 0.6) is 0 Å². The van der Waals surface area contributed by atoms with Crippen molar-refractivity contribution in [3.63, 3.8) is 0 Å². The Labute approximate surface area is 170 Å². The van der Waals surface area contributed by atoms with Crippen molar-refractivity contribution in [1.29, 1.82) is 0 Å². The molecule has 2 aromatic carbocycles. The van der Waals surface area contributed by atoms with Gasteiger partial charge in [-0.25, -0.2) is 0 Å². The van der Waals surface area contributed by atoms with Gasteiger partial charge in [-0.3, -0.25) is 0 Å². The second-order valence-corrected chi connectivity index (χ2v) is 9.43. The van der Waals surface area contributed by atoms with E-state index >= 15 is 0 Å². The second-order valence-electron chi connectivity index (χ2n) is 9.43. The molecule has 2 aromatic rings. The van der Waals surface area contributed by atoms with E-state index in [2.05, 4.69) is 69.3 Å². The van der Waals surface area contributed by atoms with Gasteiger partial charge in [0.2, 0.25) is 0 Å². The average Bonchev–Trinajstić information content (AvgIpc) is 3.25. The monoisotopic (exact) mass is 368 g/mol. The van der Waals surface area contributed by atoms with Crippen LogP contribution in [0.3, 0.4) is 0 Å². The van der Waals surface area contributed by atoms with E-state index in [1.54, 1.807) is 22.3 Å². The highest BCUT2D eigenvalue weighted by atomic mass is 14.4. The summed E-state index contributed by atoms with van der Waals surface area (Å²) in [6.07, 6.45) is 13.0. The van der Waals surface area contributed by atoms with Gasteiger partial charge in [0.1, 0.15) is 0 Å². The molecule has 3 aliphatic rings. The van der Waals surface area contributed by atoms with Gasteiger partial charge in [-0.2, -0.15) is 0 Å². The van der Waals surface area contributed by atoms with Gasteiger partial charge < -0.3 is 0 Å². The van der Waals surface area contributed by atoms with Gasteiger partial charge in [0, 0.05) is 5.92 Å². The summed E-state index contributed by atoms with van der Waals surface area (Å²) < 4.78 is 0. The molecule has 28 heavy (non-hydrogen) atoms. The summed E-state index contributed by atoms with van der Waals surface area (Å²) in [4.78, 5) is 0. The van der Waals surface area contributed by atoms with Crippen molar-refractivity contribution < 1.29 is 0 Å². The van der Waals surface area contributed by atoms with Crippen LogP contribution < -0.4 is 0 Å². The molecule has 0 aromatic heterocycles. The molecule has 2 unspecified atom stereocenters. The summed E-state index contributed by atoms with van der Waals surface area (Å²) in [5.74, 6) is 1.80. The lowest BCUT2D eigenvalue weighted by Crippen LogP contribution is -2.11. The van der Waals surface area contributed by atoms with Gasteiger partial charge >= 0.3 is 0 Å². The summed E-state index contributed by atoms with van der Waals surface area (Å²) in [5, 5.41) is 0. The molecule has 0 amide bonds. The third-order valence-corrected chi connectivity index (χ3v) is 7.50. The zero-order valence-electron chi connectivity index (χ0n) is 17.6. The van der Waals surface area contributed by atoms with E-state index in [1.807, 2.05) is 0 Å². The van der Waals surface area contributed by atoms with E-state index in [9.17, 15) is 0 Å². The fourth-order valence-corrected chi connectivity index (χ4v) is 6.17. The van der Waals surface area contributed by atoms with Crippen LogP contribution in [-0.4, -0.2) is 0 Å². The first kappa shape index (κ1) is 18.0. The van der Waals surface area contributed by atoms with E-state index < -0.39 is 0 Å². The Bertz CT molecular complexity index is 966. The molecule has 3 aliphatic carbocycles. The average molecular weight is 369 g/mol. The number of hydrogen-bond acceptors (Lipinski definition) is 0. The van der Waals surface area contributed by atoms with Crippen LogP contribution in [0.2, 0.25) is 0 Å². The molecule has 1 fully saturated rings. The molecular weight excluding hydrogens is 336 g/mol. The Morgan fingerprint density at radius 2 is 1.57 bits per heavy atom.